The van der Waals surface area contributed by atoms with Gasteiger partial charge in [0, 0.05) is 38.3 Å². The summed E-state index contributed by atoms with van der Waals surface area (Å²) in [5.74, 6) is 1.49. The van der Waals surface area contributed by atoms with E-state index in [-0.39, 0.29) is 0 Å². The Morgan fingerprint density at radius 2 is 1.91 bits per heavy atom. The molecule has 1 aromatic rings. The summed E-state index contributed by atoms with van der Waals surface area (Å²) >= 11 is 0. The molecule has 0 amide bonds. The zero-order chi connectivity index (χ0) is 16.1. The number of nitrogens with two attached hydrogens (primary N) is 1. The number of hydrogen-bond acceptors (Lipinski definition) is 4. The molecule has 2 rings (SSSR count). The van der Waals surface area contributed by atoms with Gasteiger partial charge in [-0.05, 0) is 37.6 Å². The van der Waals surface area contributed by atoms with E-state index in [1.165, 1.54) is 5.56 Å². The van der Waals surface area contributed by atoms with Gasteiger partial charge in [-0.2, -0.15) is 0 Å². The largest absolute Gasteiger partial charge is 0.493 e. The van der Waals surface area contributed by atoms with Gasteiger partial charge in [-0.15, -0.1) is 0 Å². The van der Waals surface area contributed by atoms with Crippen molar-refractivity contribution in [2.45, 2.75) is 32.9 Å². The average Bonchev–Trinajstić information content (AvgIpc) is 2.50. The third kappa shape index (κ3) is 4.45. The molecule has 2 atom stereocenters. The third-order valence-electron chi connectivity index (χ3n) is 4.50. The van der Waals surface area contributed by atoms with Crippen molar-refractivity contribution in [3.63, 3.8) is 0 Å². The van der Waals surface area contributed by atoms with Crippen LogP contribution in [0.1, 0.15) is 32.4 Å². The minimum Gasteiger partial charge on any atom is -0.493 e. The van der Waals surface area contributed by atoms with Crippen molar-refractivity contribution in [3.8, 4) is 5.75 Å². The molecule has 0 bridgehead atoms. The lowest BCUT2D eigenvalue weighted by atomic mass is 10.0. The highest BCUT2D eigenvalue weighted by Crippen LogP contribution is 2.24. The van der Waals surface area contributed by atoms with Crippen molar-refractivity contribution < 1.29 is 4.74 Å². The fraction of sp³-hybridized carbons (Fsp3) is 0.667. The first kappa shape index (κ1) is 17.3. The van der Waals surface area contributed by atoms with E-state index in [0.717, 1.165) is 32.0 Å². The van der Waals surface area contributed by atoms with Crippen molar-refractivity contribution in [2.24, 2.45) is 11.7 Å². The highest BCUT2D eigenvalue weighted by Gasteiger charge is 2.26. The van der Waals surface area contributed by atoms with Crippen LogP contribution >= 0.6 is 0 Å². The van der Waals surface area contributed by atoms with Gasteiger partial charge in [-0.1, -0.05) is 26.0 Å². The molecule has 0 saturated carbocycles. The van der Waals surface area contributed by atoms with E-state index in [1.54, 1.807) is 0 Å². The van der Waals surface area contributed by atoms with Crippen LogP contribution in [0.15, 0.2) is 24.3 Å². The molecule has 0 aliphatic carbocycles. The Kier molecular flexibility index (Phi) is 6.24. The van der Waals surface area contributed by atoms with Gasteiger partial charge in [0.15, 0.2) is 0 Å². The first-order valence-electron chi connectivity index (χ1n) is 8.38. The summed E-state index contributed by atoms with van der Waals surface area (Å²) in [6, 6.07) is 9.35. The summed E-state index contributed by atoms with van der Waals surface area (Å²) in [6.07, 6.45) is 0. The lowest BCUT2D eigenvalue weighted by Gasteiger charge is -2.41. The molecule has 1 aliphatic heterocycles. The standard InChI is InChI=1S/C18H31N3O/c1-14(2)13-22-17-7-5-16(6-8-17)18(11-19)21-10-9-20(4)15(3)12-21/h5-8,14-15,18H,9-13,19H2,1-4H3. The normalized spacial score (nSPS) is 22.0. The second kappa shape index (κ2) is 7.95. The van der Waals surface area contributed by atoms with Gasteiger partial charge in [0.1, 0.15) is 5.75 Å². The average molecular weight is 305 g/mol. The first-order chi connectivity index (χ1) is 10.5. The van der Waals surface area contributed by atoms with Crippen molar-refractivity contribution in [1.29, 1.82) is 0 Å². The van der Waals surface area contributed by atoms with Gasteiger partial charge < -0.3 is 15.4 Å². The maximum Gasteiger partial charge on any atom is 0.119 e. The zero-order valence-corrected chi connectivity index (χ0v) is 14.5. The van der Waals surface area contributed by atoms with Gasteiger partial charge >= 0.3 is 0 Å². The molecule has 0 aromatic heterocycles. The molecule has 4 nitrogen and oxygen atoms in total. The summed E-state index contributed by atoms with van der Waals surface area (Å²) in [6.45, 7) is 11.3. The molecule has 124 valence electrons. The van der Waals surface area contributed by atoms with Gasteiger partial charge in [0.2, 0.25) is 0 Å². The van der Waals surface area contributed by atoms with Gasteiger partial charge in [-0.3, -0.25) is 4.90 Å². The number of likely N-dealkylation sites (N-methyl/N-ethyl adjacent to an activating group) is 1. The number of ether oxygens (including phenoxy) is 1. The summed E-state index contributed by atoms with van der Waals surface area (Å²) < 4.78 is 5.76. The molecule has 0 radical (unpaired) electrons. The molecule has 4 heteroatoms. The molecule has 1 heterocycles. The Hall–Kier alpha value is -1.10. The quantitative estimate of drug-likeness (QED) is 0.876. The van der Waals surface area contributed by atoms with Gasteiger partial charge in [0.05, 0.1) is 6.61 Å². The van der Waals surface area contributed by atoms with Crippen LogP contribution in [-0.4, -0.2) is 55.7 Å². The predicted octanol–water partition coefficient (Wildman–Crippen LogP) is 2.36. The highest BCUT2D eigenvalue weighted by molar-refractivity contribution is 5.29. The second-order valence-electron chi connectivity index (χ2n) is 6.85. The predicted molar refractivity (Wildman–Crippen MR) is 92.2 cm³/mol. The Balaban J connectivity index is 2.01. The molecule has 1 fully saturated rings. The van der Waals surface area contributed by atoms with Crippen LogP contribution in [0.5, 0.6) is 5.75 Å². The molecular weight excluding hydrogens is 274 g/mol. The number of benzene rings is 1. The molecule has 22 heavy (non-hydrogen) atoms. The van der Waals surface area contributed by atoms with Crippen LogP contribution in [0.4, 0.5) is 0 Å². The number of nitrogens with zero attached hydrogens (tertiary/aromatic N) is 2. The fourth-order valence-corrected chi connectivity index (χ4v) is 2.90. The molecular formula is C18H31N3O. The SMILES string of the molecule is CC(C)COc1ccc(C(CN)N2CCN(C)C(C)C2)cc1. The Morgan fingerprint density at radius 1 is 1.23 bits per heavy atom. The van der Waals surface area contributed by atoms with Crippen LogP contribution in [0, 0.1) is 5.92 Å². The second-order valence-corrected chi connectivity index (χ2v) is 6.85. The monoisotopic (exact) mass is 305 g/mol. The van der Waals surface area contributed by atoms with E-state index < -0.39 is 0 Å². The Bertz CT molecular complexity index is 446. The maximum absolute atomic E-state index is 6.07. The summed E-state index contributed by atoms with van der Waals surface area (Å²) in [4.78, 5) is 4.92. The van der Waals surface area contributed by atoms with Crippen LogP contribution in [0.2, 0.25) is 0 Å². The topological polar surface area (TPSA) is 41.7 Å². The van der Waals surface area contributed by atoms with E-state index in [9.17, 15) is 0 Å². The highest BCUT2D eigenvalue weighted by atomic mass is 16.5. The van der Waals surface area contributed by atoms with Crippen molar-refractivity contribution in [2.75, 3.05) is 39.8 Å². The number of piperazine rings is 1. The number of rotatable bonds is 6. The molecule has 2 unspecified atom stereocenters. The van der Waals surface area contributed by atoms with Crippen molar-refractivity contribution in [3.05, 3.63) is 29.8 Å². The lowest BCUT2D eigenvalue weighted by Crippen LogP contribution is -2.52. The Labute approximate surface area is 135 Å². The van der Waals surface area contributed by atoms with Crippen LogP contribution < -0.4 is 10.5 Å². The van der Waals surface area contributed by atoms with E-state index in [2.05, 4.69) is 61.9 Å². The van der Waals surface area contributed by atoms with Gasteiger partial charge in [-0.25, -0.2) is 0 Å². The molecule has 1 saturated heterocycles. The van der Waals surface area contributed by atoms with E-state index in [1.807, 2.05) is 0 Å². The van der Waals surface area contributed by atoms with Crippen molar-refractivity contribution >= 4 is 0 Å². The molecule has 1 aromatic carbocycles. The van der Waals surface area contributed by atoms with Crippen molar-refractivity contribution in [1.82, 2.24) is 9.80 Å². The summed E-state index contributed by atoms with van der Waals surface area (Å²) in [7, 11) is 2.19. The minimum absolute atomic E-state index is 0.301. The third-order valence-corrected chi connectivity index (χ3v) is 4.50. The smallest absolute Gasteiger partial charge is 0.119 e. The summed E-state index contributed by atoms with van der Waals surface area (Å²) in [5.41, 5.74) is 7.35. The number of hydrogen-bond donors (Lipinski definition) is 1. The molecule has 2 N–H and O–H groups in total. The van der Waals surface area contributed by atoms with E-state index in [0.29, 0.717) is 24.5 Å². The fourth-order valence-electron chi connectivity index (χ4n) is 2.90. The zero-order valence-electron chi connectivity index (χ0n) is 14.5. The maximum atomic E-state index is 6.07. The van der Waals surface area contributed by atoms with Gasteiger partial charge in [0.25, 0.3) is 0 Å². The molecule has 1 aliphatic rings. The van der Waals surface area contributed by atoms with Crippen LogP contribution in [-0.2, 0) is 0 Å². The van der Waals surface area contributed by atoms with Crippen LogP contribution in [0.3, 0.4) is 0 Å². The van der Waals surface area contributed by atoms with E-state index >= 15 is 0 Å². The van der Waals surface area contributed by atoms with E-state index in [4.69, 9.17) is 10.5 Å². The summed E-state index contributed by atoms with van der Waals surface area (Å²) in [5, 5.41) is 0. The first-order valence-corrected chi connectivity index (χ1v) is 8.38. The Morgan fingerprint density at radius 3 is 2.45 bits per heavy atom. The lowest BCUT2D eigenvalue weighted by molar-refractivity contribution is 0.0741. The molecule has 0 spiro atoms. The van der Waals surface area contributed by atoms with Crippen LogP contribution in [0.25, 0.3) is 0 Å². The minimum atomic E-state index is 0.301.